The highest BCUT2D eigenvalue weighted by molar-refractivity contribution is 4.92. The van der Waals surface area contributed by atoms with E-state index in [1.165, 1.54) is 0 Å². The molecule has 0 radical (unpaired) electrons. The van der Waals surface area contributed by atoms with Crippen LogP contribution in [0.1, 0.15) is 12.1 Å². The van der Waals surface area contributed by atoms with Crippen molar-refractivity contribution in [1.82, 2.24) is 19.9 Å². The molecule has 2 rings (SSSR count). The number of aryl methyl sites for hydroxylation is 1. The summed E-state index contributed by atoms with van der Waals surface area (Å²) in [6.07, 6.45) is 3.92. The van der Waals surface area contributed by atoms with E-state index in [-0.39, 0.29) is 0 Å². The van der Waals surface area contributed by atoms with E-state index in [0.29, 0.717) is 6.54 Å². The van der Waals surface area contributed by atoms with Crippen molar-refractivity contribution >= 4 is 0 Å². The van der Waals surface area contributed by atoms with Crippen molar-refractivity contribution in [2.75, 3.05) is 39.4 Å². The Bertz CT molecular complexity index is 321. The van der Waals surface area contributed by atoms with E-state index in [1.807, 2.05) is 10.9 Å². The van der Waals surface area contributed by atoms with Crippen molar-refractivity contribution in [3.63, 3.8) is 0 Å². The molecule has 1 aromatic rings. The lowest BCUT2D eigenvalue weighted by Crippen LogP contribution is -2.38. The highest BCUT2D eigenvalue weighted by Gasteiger charge is 2.10. The fourth-order valence-electron chi connectivity index (χ4n) is 1.91. The molecular formula is C11H21N5O. The van der Waals surface area contributed by atoms with E-state index in [4.69, 9.17) is 10.5 Å². The average molecular weight is 239 g/mol. The predicted molar refractivity (Wildman–Crippen MR) is 64.7 cm³/mol. The Hall–Kier alpha value is -0.980. The van der Waals surface area contributed by atoms with E-state index >= 15 is 0 Å². The van der Waals surface area contributed by atoms with Gasteiger partial charge in [-0.2, -0.15) is 0 Å². The molecule has 0 atom stereocenters. The highest BCUT2D eigenvalue weighted by Crippen LogP contribution is 2.00. The molecule has 2 heterocycles. The van der Waals surface area contributed by atoms with Crippen LogP contribution >= 0.6 is 0 Å². The first-order chi connectivity index (χ1) is 8.38. The SMILES string of the molecule is NCCCc1cn(CCN2CCOCC2)nn1. The molecule has 96 valence electrons. The van der Waals surface area contributed by atoms with Gasteiger partial charge in [0.25, 0.3) is 0 Å². The fourth-order valence-corrected chi connectivity index (χ4v) is 1.91. The van der Waals surface area contributed by atoms with Gasteiger partial charge in [-0.25, -0.2) is 0 Å². The summed E-state index contributed by atoms with van der Waals surface area (Å²) in [6, 6.07) is 0. The minimum atomic E-state index is 0.709. The zero-order chi connectivity index (χ0) is 11.9. The first kappa shape index (κ1) is 12.5. The van der Waals surface area contributed by atoms with Gasteiger partial charge >= 0.3 is 0 Å². The Morgan fingerprint density at radius 2 is 2.12 bits per heavy atom. The van der Waals surface area contributed by atoms with Gasteiger partial charge in [0.05, 0.1) is 25.5 Å². The van der Waals surface area contributed by atoms with E-state index in [2.05, 4.69) is 15.2 Å². The van der Waals surface area contributed by atoms with Gasteiger partial charge in [-0.15, -0.1) is 5.10 Å². The number of rotatable bonds is 6. The van der Waals surface area contributed by atoms with Crippen LogP contribution in [0.15, 0.2) is 6.20 Å². The number of nitrogens with zero attached hydrogens (tertiary/aromatic N) is 4. The van der Waals surface area contributed by atoms with Crippen LogP contribution in [0.2, 0.25) is 0 Å². The van der Waals surface area contributed by atoms with E-state index in [0.717, 1.165) is 57.9 Å². The van der Waals surface area contributed by atoms with Crippen molar-refractivity contribution in [1.29, 1.82) is 0 Å². The molecule has 1 aromatic heterocycles. The van der Waals surface area contributed by atoms with Crippen LogP contribution in [0.3, 0.4) is 0 Å². The van der Waals surface area contributed by atoms with Gasteiger partial charge in [0.2, 0.25) is 0 Å². The Labute approximate surface area is 102 Å². The lowest BCUT2D eigenvalue weighted by Gasteiger charge is -2.26. The first-order valence-electron chi connectivity index (χ1n) is 6.27. The summed E-state index contributed by atoms with van der Waals surface area (Å²) < 4.78 is 7.23. The van der Waals surface area contributed by atoms with Gasteiger partial charge in [0.15, 0.2) is 0 Å². The molecule has 17 heavy (non-hydrogen) atoms. The maximum atomic E-state index is 5.47. The van der Waals surface area contributed by atoms with Crippen LogP contribution in [0.25, 0.3) is 0 Å². The molecule has 0 aliphatic carbocycles. The van der Waals surface area contributed by atoms with E-state index in [1.54, 1.807) is 0 Å². The third-order valence-corrected chi connectivity index (χ3v) is 2.97. The number of hydrogen-bond donors (Lipinski definition) is 1. The van der Waals surface area contributed by atoms with Gasteiger partial charge in [0.1, 0.15) is 0 Å². The number of aromatic nitrogens is 3. The van der Waals surface area contributed by atoms with Gasteiger partial charge in [0, 0.05) is 25.8 Å². The summed E-state index contributed by atoms with van der Waals surface area (Å²) in [4.78, 5) is 2.39. The molecule has 2 N–H and O–H groups in total. The topological polar surface area (TPSA) is 69.2 Å². The molecule has 0 spiro atoms. The standard InChI is InChI=1S/C11H21N5O/c12-3-1-2-11-10-16(14-13-11)5-4-15-6-8-17-9-7-15/h10H,1-9,12H2. The van der Waals surface area contributed by atoms with Crippen molar-refractivity contribution in [2.45, 2.75) is 19.4 Å². The Morgan fingerprint density at radius 1 is 1.29 bits per heavy atom. The third-order valence-electron chi connectivity index (χ3n) is 2.97. The second-order valence-electron chi connectivity index (χ2n) is 4.32. The van der Waals surface area contributed by atoms with E-state index < -0.39 is 0 Å². The molecule has 0 amide bonds. The summed E-state index contributed by atoms with van der Waals surface area (Å²) >= 11 is 0. The maximum absolute atomic E-state index is 5.47. The normalized spacial score (nSPS) is 17.5. The molecule has 1 aliphatic rings. The summed E-state index contributed by atoms with van der Waals surface area (Å²) in [6.45, 7) is 6.36. The quantitative estimate of drug-likeness (QED) is 0.725. The Kier molecular flexibility index (Phi) is 4.90. The van der Waals surface area contributed by atoms with Crippen molar-refractivity contribution < 1.29 is 4.74 Å². The molecule has 0 aromatic carbocycles. The molecule has 0 bridgehead atoms. The predicted octanol–water partition coefficient (Wildman–Crippen LogP) is -0.498. The summed E-state index contributed by atoms with van der Waals surface area (Å²) in [5, 5.41) is 8.25. The van der Waals surface area contributed by atoms with Gasteiger partial charge < -0.3 is 10.5 Å². The summed E-state index contributed by atoms with van der Waals surface area (Å²) in [5.74, 6) is 0. The molecule has 6 nitrogen and oxygen atoms in total. The minimum absolute atomic E-state index is 0.709. The lowest BCUT2D eigenvalue weighted by atomic mass is 10.2. The Morgan fingerprint density at radius 3 is 2.88 bits per heavy atom. The molecular weight excluding hydrogens is 218 g/mol. The molecule has 1 aliphatic heterocycles. The third kappa shape index (κ3) is 4.07. The van der Waals surface area contributed by atoms with Crippen molar-refractivity contribution in [3.8, 4) is 0 Å². The zero-order valence-electron chi connectivity index (χ0n) is 10.2. The Balaban J connectivity index is 1.72. The maximum Gasteiger partial charge on any atom is 0.0827 e. The lowest BCUT2D eigenvalue weighted by molar-refractivity contribution is 0.0359. The van der Waals surface area contributed by atoms with Crippen LogP contribution in [-0.2, 0) is 17.7 Å². The molecule has 1 saturated heterocycles. The van der Waals surface area contributed by atoms with Crippen molar-refractivity contribution in [2.24, 2.45) is 5.73 Å². The van der Waals surface area contributed by atoms with Crippen molar-refractivity contribution in [3.05, 3.63) is 11.9 Å². The van der Waals surface area contributed by atoms with Crippen LogP contribution in [0, 0.1) is 0 Å². The largest absolute Gasteiger partial charge is 0.379 e. The van der Waals surface area contributed by atoms with Crippen LogP contribution in [0.5, 0.6) is 0 Å². The summed E-state index contributed by atoms with van der Waals surface area (Å²) in [7, 11) is 0. The molecule has 0 unspecified atom stereocenters. The van der Waals surface area contributed by atoms with E-state index in [9.17, 15) is 0 Å². The van der Waals surface area contributed by atoms with Crippen LogP contribution < -0.4 is 5.73 Å². The highest BCUT2D eigenvalue weighted by atomic mass is 16.5. The van der Waals surface area contributed by atoms with Crippen LogP contribution in [-0.4, -0.2) is 59.3 Å². The zero-order valence-corrected chi connectivity index (χ0v) is 10.2. The number of nitrogens with two attached hydrogens (primary N) is 1. The fraction of sp³-hybridized carbons (Fsp3) is 0.818. The van der Waals surface area contributed by atoms with Crippen LogP contribution in [0.4, 0.5) is 0 Å². The molecule has 1 fully saturated rings. The molecule has 0 saturated carbocycles. The monoisotopic (exact) mass is 239 g/mol. The minimum Gasteiger partial charge on any atom is -0.379 e. The molecule has 6 heteroatoms. The first-order valence-corrected chi connectivity index (χ1v) is 6.27. The van der Waals surface area contributed by atoms with Gasteiger partial charge in [-0.3, -0.25) is 9.58 Å². The number of ether oxygens (including phenoxy) is 1. The van der Waals surface area contributed by atoms with Gasteiger partial charge in [-0.05, 0) is 19.4 Å². The van der Waals surface area contributed by atoms with Gasteiger partial charge in [-0.1, -0.05) is 5.21 Å². The summed E-state index contributed by atoms with van der Waals surface area (Å²) in [5.41, 5.74) is 6.51. The smallest absolute Gasteiger partial charge is 0.0827 e. The second-order valence-corrected chi connectivity index (χ2v) is 4.32. The number of hydrogen-bond acceptors (Lipinski definition) is 5. The number of morpholine rings is 1. The average Bonchev–Trinajstić information content (AvgIpc) is 2.83. The second kappa shape index (κ2) is 6.68.